The fourth-order valence-corrected chi connectivity index (χ4v) is 4.95. The van der Waals surface area contributed by atoms with Crippen LogP contribution >= 0.6 is 11.3 Å². The van der Waals surface area contributed by atoms with Gasteiger partial charge in [-0.25, -0.2) is 4.98 Å². The third-order valence-corrected chi connectivity index (χ3v) is 6.70. The molecule has 1 amide bonds. The van der Waals surface area contributed by atoms with Crippen molar-refractivity contribution in [2.24, 2.45) is 5.92 Å². The molecule has 5 nitrogen and oxygen atoms in total. The second-order valence-corrected chi connectivity index (χ2v) is 8.51. The van der Waals surface area contributed by atoms with Gasteiger partial charge in [0.25, 0.3) is 0 Å². The highest BCUT2D eigenvalue weighted by Gasteiger charge is 2.27. The second-order valence-electron chi connectivity index (χ2n) is 7.50. The van der Waals surface area contributed by atoms with Crippen LogP contribution in [0, 0.1) is 24.2 Å². The highest BCUT2D eigenvalue weighted by molar-refractivity contribution is 7.10. The Bertz CT molecular complexity index is 877. The zero-order chi connectivity index (χ0) is 18.8. The Kier molecular flexibility index (Phi) is 5.13. The summed E-state index contributed by atoms with van der Waals surface area (Å²) >= 11 is 1.80. The van der Waals surface area contributed by atoms with Gasteiger partial charge in [-0.05, 0) is 61.2 Å². The topological polar surface area (TPSA) is 60.2 Å². The van der Waals surface area contributed by atoms with Crippen LogP contribution in [0.25, 0.3) is 0 Å². The normalized spacial score (nSPS) is 17.5. The minimum Gasteiger partial charge on any atom is -0.355 e. The van der Waals surface area contributed by atoms with E-state index in [0.717, 1.165) is 57.0 Å². The Hall–Kier alpha value is -2.39. The van der Waals surface area contributed by atoms with Crippen LogP contribution in [0.4, 0.5) is 5.82 Å². The third kappa shape index (κ3) is 3.84. The quantitative estimate of drug-likeness (QED) is 0.817. The number of carbonyl (C=O) groups is 1. The van der Waals surface area contributed by atoms with Gasteiger partial charge in [0.05, 0.1) is 5.56 Å². The molecule has 0 unspecified atom stereocenters. The van der Waals surface area contributed by atoms with Gasteiger partial charge in [-0.2, -0.15) is 5.26 Å². The number of aryl methyl sites for hydroxylation is 1. The molecule has 0 saturated carbocycles. The first-order chi connectivity index (χ1) is 13.1. The van der Waals surface area contributed by atoms with Crippen molar-refractivity contribution in [2.45, 2.75) is 39.2 Å². The van der Waals surface area contributed by atoms with Crippen molar-refractivity contribution in [3.05, 3.63) is 45.3 Å². The minimum absolute atomic E-state index is 0.289. The van der Waals surface area contributed by atoms with Crippen molar-refractivity contribution >= 4 is 23.1 Å². The van der Waals surface area contributed by atoms with E-state index in [2.05, 4.69) is 27.4 Å². The number of thiophene rings is 1. The van der Waals surface area contributed by atoms with Gasteiger partial charge in [0.1, 0.15) is 11.9 Å². The van der Waals surface area contributed by atoms with Crippen LogP contribution in [0.5, 0.6) is 0 Å². The first-order valence-corrected chi connectivity index (χ1v) is 10.5. The average Bonchev–Trinajstić information content (AvgIpc) is 3.16. The van der Waals surface area contributed by atoms with Crippen molar-refractivity contribution < 1.29 is 4.79 Å². The maximum atomic E-state index is 12.8. The molecule has 140 valence electrons. The molecular formula is C21H24N4OS. The number of pyridine rings is 1. The van der Waals surface area contributed by atoms with Crippen LogP contribution in [0.15, 0.2) is 23.6 Å². The maximum absolute atomic E-state index is 12.8. The van der Waals surface area contributed by atoms with Gasteiger partial charge in [0, 0.05) is 43.2 Å². The number of nitrogens with zero attached hydrogens (tertiary/aromatic N) is 4. The number of piperidine rings is 1. The first-order valence-electron chi connectivity index (χ1n) is 9.59. The molecule has 0 N–H and O–H groups in total. The van der Waals surface area contributed by atoms with E-state index in [9.17, 15) is 10.1 Å². The molecule has 0 aliphatic carbocycles. The summed E-state index contributed by atoms with van der Waals surface area (Å²) in [5.41, 5.74) is 2.89. The number of hydrogen-bond donors (Lipinski definition) is 0. The fourth-order valence-electron chi connectivity index (χ4n) is 4.06. The van der Waals surface area contributed by atoms with Crippen LogP contribution in [0.1, 0.15) is 41.0 Å². The van der Waals surface area contributed by atoms with E-state index in [-0.39, 0.29) is 5.91 Å². The molecule has 2 aliphatic heterocycles. The van der Waals surface area contributed by atoms with E-state index in [1.54, 1.807) is 11.3 Å². The summed E-state index contributed by atoms with van der Waals surface area (Å²) in [7, 11) is 0. The predicted octanol–water partition coefficient (Wildman–Crippen LogP) is 3.51. The predicted molar refractivity (Wildman–Crippen MR) is 107 cm³/mol. The number of amides is 1. The smallest absolute Gasteiger partial charge is 0.223 e. The van der Waals surface area contributed by atoms with Gasteiger partial charge >= 0.3 is 0 Å². The van der Waals surface area contributed by atoms with Crippen molar-refractivity contribution in [2.75, 3.05) is 24.5 Å². The molecule has 2 aliphatic rings. The number of rotatable bonds is 3. The number of nitriles is 1. The molecule has 2 aromatic heterocycles. The number of fused-ring (bicyclic) bond motifs is 1. The first kappa shape index (κ1) is 18.0. The molecule has 27 heavy (non-hydrogen) atoms. The number of carbonyl (C=O) groups excluding carboxylic acids is 1. The fraction of sp³-hybridized carbons (Fsp3) is 0.476. The number of aromatic nitrogens is 1. The maximum Gasteiger partial charge on any atom is 0.223 e. The van der Waals surface area contributed by atoms with Gasteiger partial charge < -0.3 is 9.80 Å². The second kappa shape index (κ2) is 7.69. The van der Waals surface area contributed by atoms with E-state index in [0.29, 0.717) is 17.9 Å². The molecule has 2 aromatic rings. The molecule has 4 heterocycles. The summed E-state index contributed by atoms with van der Waals surface area (Å²) in [6.45, 7) is 5.29. The van der Waals surface area contributed by atoms with Crippen LogP contribution < -0.4 is 4.90 Å². The summed E-state index contributed by atoms with van der Waals surface area (Å²) in [6, 6.07) is 8.13. The summed E-state index contributed by atoms with van der Waals surface area (Å²) in [4.78, 5) is 23.0. The summed E-state index contributed by atoms with van der Waals surface area (Å²) in [6.07, 6.45) is 3.58. The molecular weight excluding hydrogens is 356 g/mol. The van der Waals surface area contributed by atoms with Crippen molar-refractivity contribution in [1.29, 1.82) is 5.26 Å². The van der Waals surface area contributed by atoms with Gasteiger partial charge in [-0.3, -0.25) is 4.79 Å². The summed E-state index contributed by atoms with van der Waals surface area (Å²) in [5, 5.41) is 11.5. The van der Waals surface area contributed by atoms with Crippen LogP contribution in [-0.4, -0.2) is 35.4 Å². The molecule has 0 spiro atoms. The molecule has 1 fully saturated rings. The Morgan fingerprint density at radius 1 is 1.30 bits per heavy atom. The van der Waals surface area contributed by atoms with Crippen molar-refractivity contribution in [3.8, 4) is 6.07 Å². The minimum atomic E-state index is 0.289. The Labute approximate surface area is 164 Å². The standard InChI is InChI=1S/C21H24N4OS/c1-15-2-3-17(13-22)21(23-15)24-8-4-16(5-9-24)12-20(26)25-10-6-19-18(14-25)7-11-27-19/h2-3,7,11,16H,4-6,8-10,12,14H2,1H3. The van der Waals surface area contributed by atoms with Crippen LogP contribution in [-0.2, 0) is 17.8 Å². The molecule has 0 bridgehead atoms. The van der Waals surface area contributed by atoms with E-state index in [4.69, 9.17) is 0 Å². The number of hydrogen-bond acceptors (Lipinski definition) is 5. The highest BCUT2D eigenvalue weighted by atomic mass is 32.1. The molecule has 4 rings (SSSR count). The van der Waals surface area contributed by atoms with Crippen LogP contribution in [0.2, 0.25) is 0 Å². The lowest BCUT2D eigenvalue weighted by Crippen LogP contribution is -2.39. The van der Waals surface area contributed by atoms with Gasteiger partial charge in [-0.1, -0.05) is 0 Å². The number of anilines is 1. The molecule has 0 aromatic carbocycles. The monoisotopic (exact) mass is 380 g/mol. The highest BCUT2D eigenvalue weighted by Crippen LogP contribution is 2.29. The van der Waals surface area contributed by atoms with Crippen molar-refractivity contribution in [1.82, 2.24) is 9.88 Å². The van der Waals surface area contributed by atoms with Gasteiger partial charge in [0.2, 0.25) is 5.91 Å². The van der Waals surface area contributed by atoms with Crippen molar-refractivity contribution in [3.63, 3.8) is 0 Å². The molecule has 0 atom stereocenters. The zero-order valence-corrected chi connectivity index (χ0v) is 16.5. The molecule has 6 heteroatoms. The Morgan fingerprint density at radius 2 is 2.11 bits per heavy atom. The van der Waals surface area contributed by atoms with E-state index < -0.39 is 0 Å². The Balaban J connectivity index is 1.33. The zero-order valence-electron chi connectivity index (χ0n) is 15.6. The van der Waals surface area contributed by atoms with E-state index in [1.165, 1.54) is 10.4 Å². The van der Waals surface area contributed by atoms with Gasteiger partial charge in [0.15, 0.2) is 0 Å². The SMILES string of the molecule is Cc1ccc(C#N)c(N2CCC(CC(=O)N3CCc4sccc4C3)CC2)n1. The molecule has 1 saturated heterocycles. The summed E-state index contributed by atoms with van der Waals surface area (Å²) < 4.78 is 0. The average molecular weight is 381 g/mol. The lowest BCUT2D eigenvalue weighted by molar-refractivity contribution is -0.133. The lowest BCUT2D eigenvalue weighted by Gasteiger charge is -2.34. The van der Waals surface area contributed by atoms with E-state index >= 15 is 0 Å². The summed E-state index contributed by atoms with van der Waals surface area (Å²) in [5.74, 6) is 1.51. The Morgan fingerprint density at radius 3 is 2.89 bits per heavy atom. The van der Waals surface area contributed by atoms with Gasteiger partial charge in [-0.15, -0.1) is 11.3 Å². The molecule has 0 radical (unpaired) electrons. The lowest BCUT2D eigenvalue weighted by atomic mass is 9.92. The van der Waals surface area contributed by atoms with E-state index in [1.807, 2.05) is 24.0 Å². The third-order valence-electron chi connectivity index (χ3n) is 5.67. The van der Waals surface area contributed by atoms with Crippen LogP contribution in [0.3, 0.4) is 0 Å². The largest absolute Gasteiger partial charge is 0.355 e.